The Labute approximate surface area is 114 Å². The molecule has 0 radical (unpaired) electrons. The van der Waals surface area contributed by atoms with Gasteiger partial charge in [0, 0.05) is 11.8 Å². The van der Waals surface area contributed by atoms with Crippen LogP contribution in [0.4, 0.5) is 0 Å². The van der Waals surface area contributed by atoms with Gasteiger partial charge in [-0.15, -0.1) is 0 Å². The van der Waals surface area contributed by atoms with Crippen molar-refractivity contribution in [2.75, 3.05) is 0 Å². The molecule has 0 N–H and O–H groups in total. The first-order valence-corrected chi connectivity index (χ1v) is 8.03. The zero-order chi connectivity index (χ0) is 13.4. The molecule has 1 fully saturated rings. The van der Waals surface area contributed by atoms with E-state index < -0.39 is 0 Å². The molecule has 0 aromatic rings. The summed E-state index contributed by atoms with van der Waals surface area (Å²) in [4.78, 5) is 11.7. The van der Waals surface area contributed by atoms with Gasteiger partial charge < -0.3 is 0 Å². The molecule has 0 heterocycles. The molecule has 0 aromatic heterocycles. The highest BCUT2D eigenvalue weighted by Crippen LogP contribution is 2.28. The predicted molar refractivity (Wildman–Crippen MR) is 78.7 cm³/mol. The summed E-state index contributed by atoms with van der Waals surface area (Å²) in [6.45, 7) is 6.08. The van der Waals surface area contributed by atoms with Gasteiger partial charge in [-0.25, -0.2) is 0 Å². The highest BCUT2D eigenvalue weighted by Gasteiger charge is 2.20. The first-order valence-electron chi connectivity index (χ1n) is 8.03. The molecular formula is C17H32O. The van der Waals surface area contributed by atoms with Crippen LogP contribution in [0.2, 0.25) is 0 Å². The number of ketones is 1. The van der Waals surface area contributed by atoms with Crippen molar-refractivity contribution in [1.29, 1.82) is 0 Å². The van der Waals surface area contributed by atoms with Crippen molar-refractivity contribution < 1.29 is 4.79 Å². The van der Waals surface area contributed by atoms with Gasteiger partial charge in [0.2, 0.25) is 0 Å². The van der Waals surface area contributed by atoms with E-state index in [0.29, 0.717) is 5.78 Å². The Balaban J connectivity index is 1.94. The van der Waals surface area contributed by atoms with Gasteiger partial charge in [-0.2, -0.15) is 0 Å². The summed E-state index contributed by atoms with van der Waals surface area (Å²) < 4.78 is 0. The van der Waals surface area contributed by atoms with Crippen molar-refractivity contribution in [2.45, 2.75) is 91.4 Å². The third kappa shape index (κ3) is 6.56. The van der Waals surface area contributed by atoms with Crippen molar-refractivity contribution in [3.05, 3.63) is 0 Å². The lowest BCUT2D eigenvalue weighted by Crippen LogP contribution is -2.19. The van der Waals surface area contributed by atoms with Crippen LogP contribution in [0.25, 0.3) is 0 Å². The van der Waals surface area contributed by atoms with Gasteiger partial charge in [-0.05, 0) is 12.3 Å². The van der Waals surface area contributed by atoms with Crippen LogP contribution in [0.15, 0.2) is 0 Å². The lowest BCUT2D eigenvalue weighted by Gasteiger charge is -2.21. The third-order valence-electron chi connectivity index (χ3n) is 4.33. The molecule has 1 aliphatic carbocycles. The molecule has 18 heavy (non-hydrogen) atoms. The average molecular weight is 252 g/mol. The van der Waals surface area contributed by atoms with Gasteiger partial charge in [-0.3, -0.25) is 4.79 Å². The van der Waals surface area contributed by atoms with E-state index in [1.54, 1.807) is 0 Å². The van der Waals surface area contributed by atoms with E-state index in [4.69, 9.17) is 0 Å². The summed E-state index contributed by atoms with van der Waals surface area (Å²) in [5.41, 5.74) is -0.137. The lowest BCUT2D eigenvalue weighted by atomic mass is 9.85. The number of hydrogen-bond donors (Lipinski definition) is 0. The topological polar surface area (TPSA) is 17.1 Å². The molecule has 1 heteroatoms. The predicted octanol–water partition coefficient (Wildman–Crippen LogP) is 5.52. The van der Waals surface area contributed by atoms with E-state index in [2.05, 4.69) is 0 Å². The molecule has 0 unspecified atom stereocenters. The number of carbonyl (C=O) groups excluding carboxylic acids is 1. The zero-order valence-corrected chi connectivity index (χ0v) is 12.8. The summed E-state index contributed by atoms with van der Waals surface area (Å²) in [6.07, 6.45) is 14.6. The number of rotatable bonds is 7. The fraction of sp³-hybridized carbons (Fsp3) is 0.941. The summed E-state index contributed by atoms with van der Waals surface area (Å²) in [5, 5.41) is 0. The molecule has 1 saturated carbocycles. The normalized spacial score (nSPS) is 17.9. The Morgan fingerprint density at radius 3 is 2.17 bits per heavy atom. The van der Waals surface area contributed by atoms with Gasteiger partial charge >= 0.3 is 0 Å². The smallest absolute Gasteiger partial charge is 0.138 e. The maximum Gasteiger partial charge on any atom is 0.138 e. The van der Waals surface area contributed by atoms with Crippen LogP contribution in [0.1, 0.15) is 91.4 Å². The van der Waals surface area contributed by atoms with Crippen LogP contribution in [0.3, 0.4) is 0 Å². The second-order valence-electron chi connectivity index (χ2n) is 7.13. The van der Waals surface area contributed by atoms with Gasteiger partial charge in [0.05, 0.1) is 0 Å². The van der Waals surface area contributed by atoms with Crippen molar-refractivity contribution in [1.82, 2.24) is 0 Å². The Bertz CT molecular complexity index is 230. The molecule has 1 nitrogen and oxygen atoms in total. The molecule has 0 bridgehead atoms. The SMILES string of the molecule is CC(C)(C)C(=O)CCCCCCC1CCCCC1. The zero-order valence-electron chi connectivity index (χ0n) is 12.8. The van der Waals surface area contributed by atoms with Crippen molar-refractivity contribution in [3.63, 3.8) is 0 Å². The minimum atomic E-state index is -0.137. The highest BCUT2D eigenvalue weighted by molar-refractivity contribution is 5.83. The van der Waals surface area contributed by atoms with E-state index in [0.717, 1.165) is 18.8 Å². The van der Waals surface area contributed by atoms with E-state index >= 15 is 0 Å². The second kappa shape index (κ2) is 7.96. The summed E-state index contributed by atoms with van der Waals surface area (Å²) >= 11 is 0. The van der Waals surface area contributed by atoms with Crippen LogP contribution in [0, 0.1) is 11.3 Å². The van der Waals surface area contributed by atoms with Gasteiger partial charge in [-0.1, -0.05) is 78.6 Å². The standard InChI is InChI=1S/C17H32O/c1-17(2,3)16(18)14-10-5-4-7-11-15-12-8-6-9-13-15/h15H,4-14H2,1-3H3. The molecule has 0 aliphatic heterocycles. The molecule has 1 rings (SSSR count). The molecule has 0 saturated heterocycles. The fourth-order valence-electron chi connectivity index (χ4n) is 2.92. The second-order valence-corrected chi connectivity index (χ2v) is 7.13. The van der Waals surface area contributed by atoms with Crippen LogP contribution >= 0.6 is 0 Å². The molecule has 1 aliphatic rings. The number of carbonyl (C=O) groups is 1. The first-order chi connectivity index (χ1) is 8.50. The Kier molecular flexibility index (Phi) is 6.96. The Morgan fingerprint density at radius 2 is 1.56 bits per heavy atom. The van der Waals surface area contributed by atoms with E-state index in [1.807, 2.05) is 20.8 Å². The molecule has 0 atom stereocenters. The van der Waals surface area contributed by atoms with E-state index in [-0.39, 0.29) is 5.41 Å². The van der Waals surface area contributed by atoms with Gasteiger partial charge in [0.25, 0.3) is 0 Å². The number of unbranched alkanes of at least 4 members (excludes halogenated alkanes) is 3. The van der Waals surface area contributed by atoms with Gasteiger partial charge in [0.1, 0.15) is 5.78 Å². The fourth-order valence-corrected chi connectivity index (χ4v) is 2.92. The van der Waals surface area contributed by atoms with Crippen molar-refractivity contribution >= 4 is 5.78 Å². The minimum absolute atomic E-state index is 0.137. The summed E-state index contributed by atoms with van der Waals surface area (Å²) in [5.74, 6) is 1.45. The molecule has 106 valence electrons. The third-order valence-corrected chi connectivity index (χ3v) is 4.33. The van der Waals surface area contributed by atoms with Crippen LogP contribution < -0.4 is 0 Å². The minimum Gasteiger partial charge on any atom is -0.299 e. The average Bonchev–Trinajstić information content (AvgIpc) is 2.33. The molecule has 0 aromatic carbocycles. The maximum atomic E-state index is 11.7. The maximum absolute atomic E-state index is 11.7. The number of hydrogen-bond acceptors (Lipinski definition) is 1. The summed E-state index contributed by atoms with van der Waals surface area (Å²) in [7, 11) is 0. The molecular weight excluding hydrogens is 220 g/mol. The van der Waals surface area contributed by atoms with E-state index in [9.17, 15) is 4.79 Å². The van der Waals surface area contributed by atoms with E-state index in [1.165, 1.54) is 57.8 Å². The lowest BCUT2D eigenvalue weighted by molar-refractivity contribution is -0.126. The largest absolute Gasteiger partial charge is 0.299 e. The highest BCUT2D eigenvalue weighted by atomic mass is 16.1. The van der Waals surface area contributed by atoms with Crippen LogP contribution in [-0.4, -0.2) is 5.78 Å². The van der Waals surface area contributed by atoms with Crippen molar-refractivity contribution in [2.24, 2.45) is 11.3 Å². The first kappa shape index (κ1) is 15.7. The molecule has 0 amide bonds. The summed E-state index contributed by atoms with van der Waals surface area (Å²) in [6, 6.07) is 0. The van der Waals surface area contributed by atoms with Gasteiger partial charge in [0.15, 0.2) is 0 Å². The van der Waals surface area contributed by atoms with Crippen LogP contribution in [-0.2, 0) is 4.79 Å². The Morgan fingerprint density at radius 1 is 0.944 bits per heavy atom. The van der Waals surface area contributed by atoms with Crippen LogP contribution in [0.5, 0.6) is 0 Å². The Hall–Kier alpha value is -0.330. The number of Topliss-reactive ketones (excluding diaryl/α,β-unsaturated/α-hetero) is 1. The quantitative estimate of drug-likeness (QED) is 0.545. The molecule has 0 spiro atoms. The van der Waals surface area contributed by atoms with Crippen molar-refractivity contribution in [3.8, 4) is 0 Å². The monoisotopic (exact) mass is 252 g/mol.